The van der Waals surface area contributed by atoms with E-state index in [1.165, 1.54) is 32.4 Å². The van der Waals surface area contributed by atoms with Gasteiger partial charge in [-0.05, 0) is 19.4 Å². The predicted molar refractivity (Wildman–Crippen MR) is 54.8 cm³/mol. The van der Waals surface area contributed by atoms with Crippen molar-refractivity contribution in [1.29, 1.82) is 0 Å². The average molecular weight is 180 g/mol. The summed E-state index contributed by atoms with van der Waals surface area (Å²) in [6.07, 6.45) is 8.22. The van der Waals surface area contributed by atoms with Crippen molar-refractivity contribution in [3.05, 3.63) is 0 Å². The van der Waals surface area contributed by atoms with Gasteiger partial charge in [0.05, 0.1) is 6.54 Å². The van der Waals surface area contributed by atoms with Crippen molar-refractivity contribution in [3.63, 3.8) is 0 Å². The Bertz CT molecular complexity index is 212. The molecular formula is C10H18N3+. The topological polar surface area (TPSA) is 27.4 Å². The molecule has 3 nitrogen and oxygen atoms in total. The Morgan fingerprint density at radius 3 is 3.31 bits per heavy atom. The van der Waals surface area contributed by atoms with Gasteiger partial charge in [-0.15, -0.1) is 0 Å². The SMILES string of the molecule is C1=NCC=[N+]1CC1CCCCNC1. The van der Waals surface area contributed by atoms with Crippen LogP contribution in [-0.4, -0.2) is 43.3 Å². The molecule has 2 heterocycles. The van der Waals surface area contributed by atoms with Gasteiger partial charge in [0.1, 0.15) is 6.21 Å². The van der Waals surface area contributed by atoms with Gasteiger partial charge < -0.3 is 5.32 Å². The third kappa shape index (κ3) is 2.62. The average Bonchev–Trinajstić information content (AvgIpc) is 2.49. The standard InChI is InChI=1S/C10H18N3/c1-2-4-11-7-10(3-1)8-13-6-5-12-9-13/h6,9-11H,1-5,7-8H2/q+1. The molecule has 1 N–H and O–H groups in total. The monoisotopic (exact) mass is 180 g/mol. The molecule has 1 unspecified atom stereocenters. The van der Waals surface area contributed by atoms with E-state index in [1.807, 2.05) is 6.34 Å². The lowest BCUT2D eigenvalue weighted by Gasteiger charge is -2.11. The second-order valence-electron chi connectivity index (χ2n) is 3.93. The van der Waals surface area contributed by atoms with Crippen LogP contribution in [0.4, 0.5) is 0 Å². The molecule has 72 valence electrons. The van der Waals surface area contributed by atoms with E-state index in [4.69, 9.17) is 0 Å². The van der Waals surface area contributed by atoms with Crippen molar-refractivity contribution in [2.75, 3.05) is 26.2 Å². The molecule has 13 heavy (non-hydrogen) atoms. The van der Waals surface area contributed by atoms with Crippen LogP contribution in [0.3, 0.4) is 0 Å². The van der Waals surface area contributed by atoms with Gasteiger partial charge in [0.15, 0.2) is 6.54 Å². The summed E-state index contributed by atoms with van der Waals surface area (Å²) in [7, 11) is 0. The van der Waals surface area contributed by atoms with Gasteiger partial charge in [-0.25, -0.2) is 4.58 Å². The molecule has 1 atom stereocenters. The summed E-state index contributed by atoms with van der Waals surface area (Å²) in [5.41, 5.74) is 0. The van der Waals surface area contributed by atoms with Crippen molar-refractivity contribution in [2.45, 2.75) is 19.3 Å². The first-order valence-electron chi connectivity index (χ1n) is 5.25. The lowest BCUT2D eigenvalue weighted by atomic mass is 10.0. The van der Waals surface area contributed by atoms with Crippen LogP contribution >= 0.6 is 0 Å². The fourth-order valence-electron chi connectivity index (χ4n) is 2.02. The lowest BCUT2D eigenvalue weighted by Crippen LogP contribution is -2.27. The Kier molecular flexibility index (Phi) is 3.08. The first-order chi connectivity index (χ1) is 6.45. The highest BCUT2D eigenvalue weighted by atomic mass is 15.1. The molecule has 0 aliphatic carbocycles. The summed E-state index contributed by atoms with van der Waals surface area (Å²) in [6.45, 7) is 4.41. The molecule has 0 amide bonds. The van der Waals surface area contributed by atoms with Crippen LogP contribution in [0.5, 0.6) is 0 Å². The van der Waals surface area contributed by atoms with Gasteiger partial charge in [0.2, 0.25) is 0 Å². The Hall–Kier alpha value is -0.700. The fourth-order valence-corrected chi connectivity index (χ4v) is 2.02. The van der Waals surface area contributed by atoms with Crippen molar-refractivity contribution in [2.24, 2.45) is 10.9 Å². The number of nitrogens with zero attached hydrogens (tertiary/aromatic N) is 2. The molecule has 0 aromatic heterocycles. The van der Waals surface area contributed by atoms with Crippen LogP contribution in [-0.2, 0) is 0 Å². The third-order valence-electron chi connectivity index (χ3n) is 2.77. The van der Waals surface area contributed by atoms with Crippen molar-refractivity contribution in [1.82, 2.24) is 5.32 Å². The minimum atomic E-state index is 0.809. The predicted octanol–water partition coefficient (Wildman–Crippen LogP) is 0.501. The third-order valence-corrected chi connectivity index (χ3v) is 2.77. The zero-order valence-electron chi connectivity index (χ0n) is 8.08. The van der Waals surface area contributed by atoms with E-state index in [0.29, 0.717) is 0 Å². The van der Waals surface area contributed by atoms with Gasteiger partial charge >= 0.3 is 0 Å². The summed E-state index contributed by atoms with van der Waals surface area (Å²) in [5.74, 6) is 0.809. The van der Waals surface area contributed by atoms with Gasteiger partial charge in [-0.1, -0.05) is 11.4 Å². The largest absolute Gasteiger partial charge is 0.316 e. The maximum atomic E-state index is 4.18. The molecule has 1 saturated heterocycles. The Morgan fingerprint density at radius 2 is 2.46 bits per heavy atom. The van der Waals surface area contributed by atoms with E-state index in [1.54, 1.807) is 0 Å². The number of aliphatic imine (C=N–C) groups is 1. The molecule has 0 saturated carbocycles. The molecular weight excluding hydrogens is 162 g/mol. The maximum absolute atomic E-state index is 4.18. The normalized spacial score (nSPS) is 28.6. The number of hydrogen-bond acceptors (Lipinski definition) is 2. The summed E-state index contributed by atoms with van der Waals surface area (Å²) in [5, 5.41) is 3.49. The van der Waals surface area contributed by atoms with E-state index in [0.717, 1.165) is 19.0 Å². The Labute approximate surface area is 79.6 Å². The van der Waals surface area contributed by atoms with Crippen LogP contribution in [0.15, 0.2) is 4.99 Å². The van der Waals surface area contributed by atoms with Gasteiger partial charge in [-0.3, -0.25) is 0 Å². The quantitative estimate of drug-likeness (QED) is 0.616. The van der Waals surface area contributed by atoms with Crippen molar-refractivity contribution >= 4 is 12.6 Å². The van der Waals surface area contributed by atoms with Crippen molar-refractivity contribution in [3.8, 4) is 0 Å². The molecule has 0 aromatic carbocycles. The second kappa shape index (κ2) is 4.51. The van der Waals surface area contributed by atoms with Crippen LogP contribution in [0.1, 0.15) is 19.3 Å². The molecule has 0 aromatic rings. The van der Waals surface area contributed by atoms with Gasteiger partial charge in [-0.2, -0.15) is 0 Å². The zero-order chi connectivity index (χ0) is 8.93. The van der Waals surface area contributed by atoms with Crippen LogP contribution in [0.25, 0.3) is 0 Å². The van der Waals surface area contributed by atoms with Crippen molar-refractivity contribution < 1.29 is 4.58 Å². The van der Waals surface area contributed by atoms with E-state index in [2.05, 4.69) is 21.1 Å². The molecule has 1 fully saturated rings. The smallest absolute Gasteiger partial charge is 0.280 e. The van der Waals surface area contributed by atoms with Gasteiger partial charge in [0, 0.05) is 12.5 Å². The van der Waals surface area contributed by atoms with E-state index < -0.39 is 0 Å². The highest BCUT2D eigenvalue weighted by molar-refractivity contribution is 5.67. The second-order valence-corrected chi connectivity index (χ2v) is 3.93. The fraction of sp³-hybridized carbons (Fsp3) is 0.800. The van der Waals surface area contributed by atoms with Gasteiger partial charge in [0.25, 0.3) is 6.34 Å². The first-order valence-corrected chi connectivity index (χ1v) is 5.25. The maximum Gasteiger partial charge on any atom is 0.280 e. The lowest BCUT2D eigenvalue weighted by molar-refractivity contribution is -0.400. The highest BCUT2D eigenvalue weighted by Gasteiger charge is 2.16. The Morgan fingerprint density at radius 1 is 1.46 bits per heavy atom. The summed E-state index contributed by atoms with van der Waals surface area (Å²) in [4.78, 5) is 4.18. The minimum Gasteiger partial charge on any atom is -0.316 e. The molecule has 0 bridgehead atoms. The molecule has 2 aliphatic heterocycles. The summed E-state index contributed by atoms with van der Waals surface area (Å²) >= 11 is 0. The first kappa shape index (κ1) is 8.88. The van der Waals surface area contributed by atoms with E-state index in [9.17, 15) is 0 Å². The molecule has 3 heteroatoms. The molecule has 0 radical (unpaired) electrons. The van der Waals surface area contributed by atoms with E-state index in [-0.39, 0.29) is 0 Å². The van der Waals surface area contributed by atoms with Crippen LogP contribution < -0.4 is 5.32 Å². The van der Waals surface area contributed by atoms with E-state index >= 15 is 0 Å². The summed E-state index contributed by atoms with van der Waals surface area (Å²) in [6, 6.07) is 0. The highest BCUT2D eigenvalue weighted by Crippen LogP contribution is 2.11. The molecule has 2 rings (SSSR count). The minimum absolute atomic E-state index is 0.809. The number of nitrogens with one attached hydrogen (secondary N) is 1. The number of rotatable bonds is 2. The molecule has 0 spiro atoms. The zero-order valence-corrected chi connectivity index (χ0v) is 8.08. The van der Waals surface area contributed by atoms with Crippen LogP contribution in [0, 0.1) is 5.92 Å². The molecule has 2 aliphatic rings. The Balaban J connectivity index is 1.82. The number of hydrogen-bond donors (Lipinski definition) is 1. The van der Waals surface area contributed by atoms with Crippen LogP contribution in [0.2, 0.25) is 0 Å². The summed E-state index contributed by atoms with van der Waals surface area (Å²) < 4.78 is 2.23.